The molecule has 0 bridgehead atoms. The molecular weight excluding hydrogens is 267 g/mol. The molecule has 3 aromatic rings. The molecule has 0 spiro atoms. The van der Waals surface area contributed by atoms with Gasteiger partial charge in [-0.2, -0.15) is 0 Å². The van der Waals surface area contributed by atoms with Crippen molar-refractivity contribution in [3.63, 3.8) is 0 Å². The summed E-state index contributed by atoms with van der Waals surface area (Å²) >= 11 is 0. The first-order chi connectivity index (χ1) is 9.93. The van der Waals surface area contributed by atoms with Crippen LogP contribution in [0.4, 0.5) is 5.69 Å². The maximum absolute atomic E-state index is 4.33. The number of piperidine rings is 1. The summed E-state index contributed by atoms with van der Waals surface area (Å²) in [5, 5.41) is 5.22. The second-order valence-corrected chi connectivity index (χ2v) is 5.59. The van der Waals surface area contributed by atoms with Crippen LogP contribution in [0.5, 0.6) is 0 Å². The molecule has 0 aliphatic carbocycles. The van der Waals surface area contributed by atoms with Crippen molar-refractivity contribution in [1.29, 1.82) is 0 Å². The summed E-state index contributed by atoms with van der Waals surface area (Å²) in [6.07, 6.45) is 7.89. The van der Waals surface area contributed by atoms with E-state index in [9.17, 15) is 0 Å². The number of aromatic nitrogens is 1. The van der Waals surface area contributed by atoms with E-state index in [0.717, 1.165) is 0 Å². The molecule has 1 saturated heterocycles. The van der Waals surface area contributed by atoms with Gasteiger partial charge in [-0.25, -0.2) is 0 Å². The number of benzene rings is 2. The Morgan fingerprint density at radius 3 is 2.52 bits per heavy atom. The summed E-state index contributed by atoms with van der Waals surface area (Å²) in [7, 11) is 0. The monoisotopic (exact) mass is 285 g/mol. The summed E-state index contributed by atoms with van der Waals surface area (Å²) in [6, 6.07) is 13.1. The zero-order valence-corrected chi connectivity index (χ0v) is 14.5. The van der Waals surface area contributed by atoms with Crippen LogP contribution in [-0.4, -0.2) is 47.6 Å². The second kappa shape index (κ2) is 6.35. The Hall–Kier alpha value is -1.09. The maximum Gasteiger partial charge on any atom is 0.0453 e. The number of hydrogen-bond donors (Lipinski definition) is 0. The van der Waals surface area contributed by atoms with Crippen LogP contribution in [0, 0.1) is 0 Å². The molecule has 1 aliphatic heterocycles. The quantitative estimate of drug-likeness (QED) is 0.496. The van der Waals surface area contributed by atoms with Crippen LogP contribution >= 0.6 is 0 Å². The van der Waals surface area contributed by atoms with Gasteiger partial charge in [0, 0.05) is 71.5 Å². The Morgan fingerprint density at radius 1 is 0.857 bits per heavy atom. The minimum Gasteiger partial charge on any atom is -0.371 e. The molecule has 0 saturated carbocycles. The van der Waals surface area contributed by atoms with Gasteiger partial charge < -0.3 is 4.90 Å². The Bertz CT molecular complexity index is 763. The molecule has 2 nitrogen and oxygen atoms in total. The molecule has 3 heteroatoms. The summed E-state index contributed by atoms with van der Waals surface area (Å²) in [6.45, 7) is 2.35. The van der Waals surface area contributed by atoms with Gasteiger partial charge in [-0.15, -0.1) is 0 Å². The maximum atomic E-state index is 4.33. The number of fused-ring (bicyclic) bond motifs is 3. The van der Waals surface area contributed by atoms with Crippen LogP contribution in [0.2, 0.25) is 0 Å². The van der Waals surface area contributed by atoms with Crippen molar-refractivity contribution in [3.05, 3.63) is 48.8 Å². The van der Waals surface area contributed by atoms with Crippen molar-refractivity contribution in [2.24, 2.45) is 0 Å². The van der Waals surface area contributed by atoms with E-state index in [1.165, 1.54) is 59.6 Å². The fraction of sp³-hybridized carbons (Fsp3) is 0.278. The molecule has 1 fully saturated rings. The van der Waals surface area contributed by atoms with E-state index in [4.69, 9.17) is 0 Å². The van der Waals surface area contributed by atoms with Crippen molar-refractivity contribution in [2.45, 2.75) is 19.3 Å². The summed E-state index contributed by atoms with van der Waals surface area (Å²) in [5.41, 5.74) is 1.38. The van der Waals surface area contributed by atoms with Crippen molar-refractivity contribution >= 4 is 56.8 Å². The number of rotatable bonds is 1. The molecule has 0 amide bonds. The SMILES string of the molecule is [Na].c1ccc2c(c1)cc(N1CCCCC1)c1ccncc12. The van der Waals surface area contributed by atoms with Crippen LogP contribution < -0.4 is 4.90 Å². The van der Waals surface area contributed by atoms with Gasteiger partial charge in [0.15, 0.2) is 0 Å². The van der Waals surface area contributed by atoms with Crippen molar-refractivity contribution in [3.8, 4) is 0 Å². The molecule has 1 radical (unpaired) electrons. The summed E-state index contributed by atoms with van der Waals surface area (Å²) < 4.78 is 0. The smallest absolute Gasteiger partial charge is 0.0453 e. The van der Waals surface area contributed by atoms with E-state index >= 15 is 0 Å². The number of pyridine rings is 1. The average Bonchev–Trinajstić information content (AvgIpc) is 2.55. The first-order valence-electron chi connectivity index (χ1n) is 7.44. The molecule has 0 atom stereocenters. The molecule has 0 unspecified atom stereocenters. The minimum absolute atomic E-state index is 0. The van der Waals surface area contributed by atoms with Gasteiger partial charge in [0.05, 0.1) is 0 Å². The predicted octanol–water partition coefficient (Wildman–Crippen LogP) is 4.00. The first-order valence-corrected chi connectivity index (χ1v) is 7.44. The fourth-order valence-corrected chi connectivity index (χ4v) is 3.32. The van der Waals surface area contributed by atoms with E-state index in [0.29, 0.717) is 0 Å². The van der Waals surface area contributed by atoms with Crippen LogP contribution in [0.25, 0.3) is 21.5 Å². The average molecular weight is 285 g/mol. The zero-order valence-electron chi connectivity index (χ0n) is 12.5. The third-order valence-corrected chi connectivity index (χ3v) is 4.34. The Labute approximate surface area is 147 Å². The van der Waals surface area contributed by atoms with E-state index in [2.05, 4.69) is 46.3 Å². The van der Waals surface area contributed by atoms with Gasteiger partial charge in [-0.3, -0.25) is 4.98 Å². The van der Waals surface area contributed by atoms with E-state index in [1.54, 1.807) is 0 Å². The Kier molecular flexibility index (Phi) is 4.48. The largest absolute Gasteiger partial charge is 0.371 e. The van der Waals surface area contributed by atoms with Gasteiger partial charge in [0.1, 0.15) is 0 Å². The van der Waals surface area contributed by atoms with Gasteiger partial charge in [0.2, 0.25) is 0 Å². The molecule has 21 heavy (non-hydrogen) atoms. The van der Waals surface area contributed by atoms with Crippen molar-refractivity contribution < 1.29 is 0 Å². The molecule has 4 rings (SSSR count). The number of hydrogen-bond acceptors (Lipinski definition) is 2. The van der Waals surface area contributed by atoms with Crippen LogP contribution in [0.1, 0.15) is 19.3 Å². The normalized spacial score (nSPS) is 15.1. The number of anilines is 1. The van der Waals surface area contributed by atoms with Crippen molar-refractivity contribution in [2.75, 3.05) is 18.0 Å². The van der Waals surface area contributed by atoms with Gasteiger partial charge in [-0.1, -0.05) is 24.3 Å². The minimum atomic E-state index is 0. The Morgan fingerprint density at radius 2 is 1.67 bits per heavy atom. The van der Waals surface area contributed by atoms with Crippen LogP contribution in [-0.2, 0) is 0 Å². The van der Waals surface area contributed by atoms with E-state index in [-0.39, 0.29) is 29.6 Å². The summed E-state index contributed by atoms with van der Waals surface area (Å²) in [4.78, 5) is 6.87. The first kappa shape index (κ1) is 14.8. The molecule has 1 aromatic heterocycles. The third-order valence-electron chi connectivity index (χ3n) is 4.34. The van der Waals surface area contributed by atoms with Crippen LogP contribution in [0.15, 0.2) is 48.8 Å². The fourth-order valence-electron chi connectivity index (χ4n) is 3.32. The molecule has 101 valence electrons. The van der Waals surface area contributed by atoms with E-state index in [1.807, 2.05) is 12.4 Å². The molecule has 1 aliphatic rings. The topological polar surface area (TPSA) is 16.1 Å². The molecule has 2 heterocycles. The third kappa shape index (κ3) is 2.68. The van der Waals surface area contributed by atoms with Gasteiger partial charge in [0.25, 0.3) is 0 Å². The van der Waals surface area contributed by atoms with Gasteiger partial charge in [-0.05, 0) is 42.2 Å². The molecular formula is C18H18N2Na. The number of nitrogens with zero attached hydrogens (tertiary/aromatic N) is 2. The van der Waals surface area contributed by atoms with Crippen LogP contribution in [0.3, 0.4) is 0 Å². The summed E-state index contributed by atoms with van der Waals surface area (Å²) in [5.74, 6) is 0. The standard InChI is InChI=1S/C18H18N2.Na/c1-4-10-20(11-5-1)18-12-14-6-2-3-7-15(14)17-13-19-9-8-16(17)18;/h2-3,6-9,12-13H,1,4-5,10-11H2;. The molecule has 0 N–H and O–H groups in total. The second-order valence-electron chi connectivity index (χ2n) is 5.59. The van der Waals surface area contributed by atoms with E-state index < -0.39 is 0 Å². The van der Waals surface area contributed by atoms with Gasteiger partial charge >= 0.3 is 0 Å². The Balaban J connectivity index is 0.00000132. The van der Waals surface area contributed by atoms with Crippen molar-refractivity contribution in [1.82, 2.24) is 4.98 Å². The molecule has 2 aromatic carbocycles. The zero-order chi connectivity index (χ0) is 13.4. The predicted molar refractivity (Wildman–Crippen MR) is 91.1 cm³/mol.